The average Bonchev–Trinajstić information content (AvgIpc) is 2.92. The van der Waals surface area contributed by atoms with Crippen LogP contribution >= 0.6 is 0 Å². The third-order valence-electron chi connectivity index (χ3n) is 4.88. The van der Waals surface area contributed by atoms with Gasteiger partial charge in [-0.15, -0.1) is 0 Å². The fourth-order valence-electron chi connectivity index (χ4n) is 3.63. The molecule has 1 aliphatic rings. The SMILES string of the molecule is CCc1nc2ccccc2n1C(C)C(=O)OC1CCCC(C)C1. The molecule has 0 spiro atoms. The van der Waals surface area contributed by atoms with Gasteiger partial charge >= 0.3 is 5.97 Å². The summed E-state index contributed by atoms with van der Waals surface area (Å²) in [6, 6.07) is 7.64. The van der Waals surface area contributed by atoms with Crippen LogP contribution in [0.1, 0.15) is 58.3 Å². The molecule has 2 aromatic rings. The standard InChI is InChI=1S/C19H26N2O2/c1-4-18-20-16-10-5-6-11-17(16)21(18)14(3)19(22)23-15-9-7-8-13(2)12-15/h5-6,10-11,13-15H,4,7-9,12H2,1-3H3. The number of aromatic nitrogens is 2. The van der Waals surface area contributed by atoms with E-state index in [1.807, 2.05) is 35.8 Å². The lowest BCUT2D eigenvalue weighted by molar-refractivity contribution is -0.154. The fraction of sp³-hybridized carbons (Fsp3) is 0.579. The molecule has 0 radical (unpaired) electrons. The summed E-state index contributed by atoms with van der Waals surface area (Å²) in [6.07, 6.45) is 5.26. The summed E-state index contributed by atoms with van der Waals surface area (Å²) in [6.45, 7) is 6.22. The van der Waals surface area contributed by atoms with Gasteiger partial charge in [0.1, 0.15) is 18.0 Å². The zero-order chi connectivity index (χ0) is 16.4. The maximum absolute atomic E-state index is 12.7. The number of carbonyl (C=O) groups excluding carboxylic acids is 1. The minimum Gasteiger partial charge on any atom is -0.461 e. The zero-order valence-corrected chi connectivity index (χ0v) is 14.3. The third kappa shape index (κ3) is 3.26. The van der Waals surface area contributed by atoms with Crippen LogP contribution in [0.2, 0.25) is 0 Å². The summed E-state index contributed by atoms with van der Waals surface area (Å²) in [4.78, 5) is 17.3. The summed E-state index contributed by atoms with van der Waals surface area (Å²) in [7, 11) is 0. The van der Waals surface area contributed by atoms with Crippen LogP contribution in [0.3, 0.4) is 0 Å². The number of imidazole rings is 1. The number of hydrogen-bond donors (Lipinski definition) is 0. The number of esters is 1. The molecule has 1 aliphatic carbocycles. The lowest BCUT2D eigenvalue weighted by atomic mass is 9.89. The van der Waals surface area contributed by atoms with Crippen LogP contribution in [0.5, 0.6) is 0 Å². The van der Waals surface area contributed by atoms with Gasteiger partial charge in [-0.05, 0) is 44.2 Å². The number of hydrogen-bond acceptors (Lipinski definition) is 3. The first-order chi connectivity index (χ1) is 11.1. The van der Waals surface area contributed by atoms with Crippen LogP contribution in [0, 0.1) is 5.92 Å². The number of benzene rings is 1. The van der Waals surface area contributed by atoms with E-state index in [1.54, 1.807) is 0 Å². The summed E-state index contributed by atoms with van der Waals surface area (Å²) < 4.78 is 7.84. The maximum atomic E-state index is 12.7. The molecule has 1 aromatic carbocycles. The molecule has 1 fully saturated rings. The molecule has 4 heteroatoms. The molecular formula is C19H26N2O2. The second-order valence-corrected chi connectivity index (χ2v) is 6.75. The lowest BCUT2D eigenvalue weighted by Gasteiger charge is -2.28. The smallest absolute Gasteiger partial charge is 0.329 e. The van der Waals surface area contributed by atoms with Gasteiger partial charge in [0, 0.05) is 6.42 Å². The molecule has 23 heavy (non-hydrogen) atoms. The number of nitrogens with zero attached hydrogens (tertiary/aromatic N) is 2. The third-order valence-corrected chi connectivity index (χ3v) is 4.88. The highest BCUT2D eigenvalue weighted by Crippen LogP contribution is 2.28. The second-order valence-electron chi connectivity index (χ2n) is 6.75. The highest BCUT2D eigenvalue weighted by atomic mass is 16.5. The summed E-state index contributed by atoms with van der Waals surface area (Å²) in [5.41, 5.74) is 1.95. The highest BCUT2D eigenvalue weighted by molar-refractivity contribution is 5.81. The topological polar surface area (TPSA) is 44.1 Å². The van der Waals surface area contributed by atoms with Gasteiger partial charge in [0.05, 0.1) is 11.0 Å². The Morgan fingerprint density at radius 2 is 2.17 bits per heavy atom. The largest absolute Gasteiger partial charge is 0.461 e. The molecular weight excluding hydrogens is 288 g/mol. The summed E-state index contributed by atoms with van der Waals surface area (Å²) >= 11 is 0. The van der Waals surface area contributed by atoms with E-state index in [0.717, 1.165) is 42.5 Å². The molecule has 0 saturated heterocycles. The van der Waals surface area contributed by atoms with E-state index in [4.69, 9.17) is 4.74 Å². The number of para-hydroxylation sites is 2. The Kier molecular flexibility index (Phi) is 4.69. The molecule has 1 heterocycles. The van der Waals surface area contributed by atoms with Gasteiger partial charge in [0.25, 0.3) is 0 Å². The number of ether oxygens (including phenoxy) is 1. The maximum Gasteiger partial charge on any atom is 0.329 e. The zero-order valence-electron chi connectivity index (χ0n) is 14.3. The molecule has 0 N–H and O–H groups in total. The number of rotatable bonds is 4. The first kappa shape index (κ1) is 16.0. The van der Waals surface area contributed by atoms with E-state index in [2.05, 4.69) is 18.8 Å². The van der Waals surface area contributed by atoms with Crippen molar-refractivity contribution in [2.75, 3.05) is 0 Å². The Balaban J connectivity index is 1.82. The Morgan fingerprint density at radius 1 is 1.39 bits per heavy atom. The first-order valence-electron chi connectivity index (χ1n) is 8.76. The van der Waals surface area contributed by atoms with E-state index in [-0.39, 0.29) is 18.1 Å². The Morgan fingerprint density at radius 3 is 2.91 bits per heavy atom. The van der Waals surface area contributed by atoms with Gasteiger partial charge in [-0.2, -0.15) is 0 Å². The lowest BCUT2D eigenvalue weighted by Crippen LogP contribution is -2.29. The van der Waals surface area contributed by atoms with Crippen LogP contribution in [0.15, 0.2) is 24.3 Å². The van der Waals surface area contributed by atoms with Crippen LogP contribution in [0.25, 0.3) is 11.0 Å². The van der Waals surface area contributed by atoms with Crippen molar-refractivity contribution < 1.29 is 9.53 Å². The second kappa shape index (κ2) is 6.73. The molecule has 3 rings (SSSR count). The number of fused-ring (bicyclic) bond motifs is 1. The minimum absolute atomic E-state index is 0.0774. The summed E-state index contributed by atoms with van der Waals surface area (Å²) in [5, 5.41) is 0. The average molecular weight is 314 g/mol. The van der Waals surface area contributed by atoms with E-state index in [0.29, 0.717) is 5.92 Å². The Hall–Kier alpha value is -1.84. The van der Waals surface area contributed by atoms with Gasteiger partial charge < -0.3 is 9.30 Å². The van der Waals surface area contributed by atoms with Gasteiger partial charge in [0.15, 0.2) is 0 Å². The molecule has 124 valence electrons. The van der Waals surface area contributed by atoms with Crippen molar-refractivity contribution in [1.29, 1.82) is 0 Å². The van der Waals surface area contributed by atoms with Gasteiger partial charge in [0.2, 0.25) is 0 Å². The first-order valence-corrected chi connectivity index (χ1v) is 8.76. The van der Waals surface area contributed by atoms with Crippen molar-refractivity contribution >= 4 is 17.0 Å². The molecule has 4 nitrogen and oxygen atoms in total. The number of aryl methyl sites for hydroxylation is 1. The van der Waals surface area contributed by atoms with Crippen molar-refractivity contribution in [1.82, 2.24) is 9.55 Å². The van der Waals surface area contributed by atoms with E-state index < -0.39 is 0 Å². The number of carbonyl (C=O) groups is 1. The Bertz CT molecular complexity index is 692. The van der Waals surface area contributed by atoms with Crippen molar-refractivity contribution in [3.05, 3.63) is 30.1 Å². The molecule has 3 atom stereocenters. The van der Waals surface area contributed by atoms with E-state index in [9.17, 15) is 4.79 Å². The van der Waals surface area contributed by atoms with Crippen molar-refractivity contribution in [2.45, 2.75) is 65.0 Å². The van der Waals surface area contributed by atoms with E-state index >= 15 is 0 Å². The molecule has 1 aromatic heterocycles. The molecule has 0 bridgehead atoms. The van der Waals surface area contributed by atoms with Gasteiger partial charge in [-0.3, -0.25) is 0 Å². The predicted octanol–water partition coefficient (Wildman–Crippen LogP) is 4.28. The normalized spacial score (nSPS) is 22.9. The van der Waals surface area contributed by atoms with Gasteiger partial charge in [-0.1, -0.05) is 32.4 Å². The predicted molar refractivity (Wildman–Crippen MR) is 91.3 cm³/mol. The van der Waals surface area contributed by atoms with Crippen molar-refractivity contribution in [3.63, 3.8) is 0 Å². The van der Waals surface area contributed by atoms with Gasteiger partial charge in [-0.25, -0.2) is 9.78 Å². The van der Waals surface area contributed by atoms with Crippen LogP contribution < -0.4 is 0 Å². The fourth-order valence-corrected chi connectivity index (χ4v) is 3.63. The van der Waals surface area contributed by atoms with Crippen molar-refractivity contribution in [3.8, 4) is 0 Å². The summed E-state index contributed by atoms with van der Waals surface area (Å²) in [5.74, 6) is 1.45. The molecule has 1 saturated carbocycles. The quantitative estimate of drug-likeness (QED) is 0.791. The van der Waals surface area contributed by atoms with E-state index in [1.165, 1.54) is 6.42 Å². The Labute approximate surface area is 137 Å². The minimum atomic E-state index is -0.338. The van der Waals surface area contributed by atoms with Crippen LogP contribution in [0.4, 0.5) is 0 Å². The van der Waals surface area contributed by atoms with Crippen LogP contribution in [-0.4, -0.2) is 21.6 Å². The molecule has 0 aliphatic heterocycles. The van der Waals surface area contributed by atoms with Crippen molar-refractivity contribution in [2.24, 2.45) is 5.92 Å². The van der Waals surface area contributed by atoms with Crippen LogP contribution in [-0.2, 0) is 16.0 Å². The molecule has 3 unspecified atom stereocenters. The highest BCUT2D eigenvalue weighted by Gasteiger charge is 2.27. The molecule has 0 amide bonds. The monoisotopic (exact) mass is 314 g/mol.